The van der Waals surface area contributed by atoms with Crippen molar-refractivity contribution in [3.05, 3.63) is 65.5 Å². The van der Waals surface area contributed by atoms with Gasteiger partial charge in [-0.15, -0.1) is 0 Å². The molecule has 1 atom stereocenters. The Morgan fingerprint density at radius 3 is 2.50 bits per heavy atom. The summed E-state index contributed by atoms with van der Waals surface area (Å²) < 4.78 is 13.1. The number of hydrogen-bond donors (Lipinski definition) is 1. The zero-order valence-electron chi connectivity index (χ0n) is 14.0. The van der Waals surface area contributed by atoms with Crippen LogP contribution in [0.4, 0.5) is 14.9 Å². The second-order valence-corrected chi connectivity index (χ2v) is 6.49. The number of amides is 2. The number of carbonyl (C=O) groups excluding carboxylic acids is 1. The molecule has 24 heavy (non-hydrogen) atoms. The Morgan fingerprint density at radius 2 is 1.79 bits per heavy atom. The first kappa shape index (κ1) is 16.5. The lowest BCUT2D eigenvalue weighted by Crippen LogP contribution is -2.37. The predicted octanol–water partition coefficient (Wildman–Crippen LogP) is 4.94. The van der Waals surface area contributed by atoms with Gasteiger partial charge in [0.05, 0.1) is 0 Å². The maximum atomic E-state index is 13.1. The highest BCUT2D eigenvalue weighted by Crippen LogP contribution is 2.27. The van der Waals surface area contributed by atoms with E-state index in [1.54, 1.807) is 0 Å². The number of aryl methyl sites for hydroxylation is 1. The number of hydrogen-bond acceptors (Lipinski definition) is 1. The van der Waals surface area contributed by atoms with Gasteiger partial charge in [-0.2, -0.15) is 0 Å². The molecule has 2 aromatic rings. The summed E-state index contributed by atoms with van der Waals surface area (Å²) in [6, 6.07) is 14.4. The molecule has 126 valence electrons. The van der Waals surface area contributed by atoms with E-state index >= 15 is 0 Å². The second-order valence-electron chi connectivity index (χ2n) is 6.49. The summed E-state index contributed by atoms with van der Waals surface area (Å²) in [7, 11) is 0. The van der Waals surface area contributed by atoms with E-state index in [1.165, 1.54) is 17.7 Å². The van der Waals surface area contributed by atoms with Crippen molar-refractivity contribution in [3.8, 4) is 0 Å². The molecular formula is C20H23FN2O. The van der Waals surface area contributed by atoms with Crippen LogP contribution in [0.5, 0.6) is 0 Å². The van der Waals surface area contributed by atoms with E-state index < -0.39 is 0 Å². The van der Waals surface area contributed by atoms with Crippen molar-refractivity contribution in [2.24, 2.45) is 0 Å². The molecule has 1 fully saturated rings. The minimum Gasteiger partial charge on any atom is -0.324 e. The van der Waals surface area contributed by atoms with Crippen LogP contribution >= 0.6 is 0 Å². The van der Waals surface area contributed by atoms with Gasteiger partial charge < -0.3 is 10.2 Å². The number of nitrogens with one attached hydrogen (secondary N) is 1. The quantitative estimate of drug-likeness (QED) is 0.833. The first-order valence-electron chi connectivity index (χ1n) is 8.50. The van der Waals surface area contributed by atoms with Gasteiger partial charge in [-0.05, 0) is 49.6 Å². The normalized spacial score (nSPS) is 18.1. The lowest BCUT2D eigenvalue weighted by Gasteiger charge is -2.25. The van der Waals surface area contributed by atoms with Gasteiger partial charge in [-0.3, -0.25) is 0 Å². The Hall–Kier alpha value is -2.36. The number of rotatable bonds is 2. The minimum atomic E-state index is -0.221. The molecule has 2 amide bonds. The van der Waals surface area contributed by atoms with Crippen LogP contribution in [0.3, 0.4) is 0 Å². The molecule has 1 aliphatic rings. The van der Waals surface area contributed by atoms with Gasteiger partial charge in [0.1, 0.15) is 5.82 Å². The highest BCUT2D eigenvalue weighted by atomic mass is 19.1. The van der Waals surface area contributed by atoms with Crippen molar-refractivity contribution in [2.75, 3.05) is 18.4 Å². The zero-order chi connectivity index (χ0) is 16.9. The van der Waals surface area contributed by atoms with Crippen molar-refractivity contribution in [1.82, 2.24) is 4.90 Å². The standard InChI is InChI=1S/C20H23FN2O/c1-15-5-11-19(12-6-15)22-20(24)23-13-3-2-4-17(14-23)16-7-9-18(21)10-8-16/h5-12,17H,2-4,13-14H2,1H3,(H,22,24). The minimum absolute atomic E-state index is 0.0622. The highest BCUT2D eigenvalue weighted by Gasteiger charge is 2.23. The van der Waals surface area contributed by atoms with Crippen LogP contribution in [-0.2, 0) is 0 Å². The van der Waals surface area contributed by atoms with Gasteiger partial charge in [-0.25, -0.2) is 9.18 Å². The molecule has 0 aromatic heterocycles. The van der Waals surface area contributed by atoms with Gasteiger partial charge in [-0.1, -0.05) is 36.2 Å². The van der Waals surface area contributed by atoms with E-state index in [9.17, 15) is 9.18 Å². The van der Waals surface area contributed by atoms with Crippen LogP contribution in [0.15, 0.2) is 48.5 Å². The van der Waals surface area contributed by atoms with E-state index in [2.05, 4.69) is 5.32 Å². The lowest BCUT2D eigenvalue weighted by atomic mass is 9.94. The van der Waals surface area contributed by atoms with E-state index in [4.69, 9.17) is 0 Å². The van der Waals surface area contributed by atoms with Crippen LogP contribution in [0, 0.1) is 12.7 Å². The Balaban J connectivity index is 1.68. The zero-order valence-corrected chi connectivity index (χ0v) is 14.0. The number of likely N-dealkylation sites (tertiary alicyclic amines) is 1. The SMILES string of the molecule is Cc1ccc(NC(=O)N2CCCCC(c3ccc(F)cc3)C2)cc1. The Kier molecular flexibility index (Phi) is 5.14. The molecule has 0 saturated carbocycles. The molecule has 0 bridgehead atoms. The van der Waals surface area contributed by atoms with E-state index in [-0.39, 0.29) is 17.8 Å². The molecule has 1 heterocycles. The average molecular weight is 326 g/mol. The fourth-order valence-electron chi connectivity index (χ4n) is 3.17. The number of anilines is 1. The molecule has 1 unspecified atom stereocenters. The van der Waals surface area contributed by atoms with E-state index in [1.807, 2.05) is 48.2 Å². The number of halogens is 1. The van der Waals surface area contributed by atoms with Crippen molar-refractivity contribution < 1.29 is 9.18 Å². The maximum Gasteiger partial charge on any atom is 0.321 e. The molecule has 4 heteroatoms. The van der Waals surface area contributed by atoms with Gasteiger partial charge >= 0.3 is 6.03 Å². The van der Waals surface area contributed by atoms with Crippen molar-refractivity contribution in [3.63, 3.8) is 0 Å². The summed E-state index contributed by atoms with van der Waals surface area (Å²) in [5.41, 5.74) is 3.08. The Morgan fingerprint density at radius 1 is 1.08 bits per heavy atom. The van der Waals surface area contributed by atoms with Crippen LogP contribution in [-0.4, -0.2) is 24.0 Å². The Bertz CT molecular complexity index is 682. The number of urea groups is 1. The molecule has 0 aliphatic carbocycles. The third kappa shape index (κ3) is 4.13. The largest absolute Gasteiger partial charge is 0.324 e. The molecule has 1 saturated heterocycles. The summed E-state index contributed by atoms with van der Waals surface area (Å²) in [6.45, 7) is 3.45. The van der Waals surface area contributed by atoms with Gasteiger partial charge in [0, 0.05) is 24.7 Å². The molecule has 3 rings (SSSR count). The summed E-state index contributed by atoms with van der Waals surface area (Å²) in [5.74, 6) is 0.0400. The number of carbonyl (C=O) groups is 1. The molecule has 1 N–H and O–H groups in total. The second kappa shape index (κ2) is 7.47. The maximum absolute atomic E-state index is 13.1. The fraction of sp³-hybridized carbons (Fsp3) is 0.350. The molecular weight excluding hydrogens is 303 g/mol. The monoisotopic (exact) mass is 326 g/mol. The Labute approximate surface area is 142 Å². The lowest BCUT2D eigenvalue weighted by molar-refractivity contribution is 0.211. The van der Waals surface area contributed by atoms with Crippen molar-refractivity contribution in [1.29, 1.82) is 0 Å². The topological polar surface area (TPSA) is 32.3 Å². The molecule has 0 spiro atoms. The summed E-state index contributed by atoms with van der Waals surface area (Å²) in [5, 5.41) is 2.97. The van der Waals surface area contributed by atoms with Crippen LogP contribution in [0.2, 0.25) is 0 Å². The third-order valence-corrected chi connectivity index (χ3v) is 4.60. The molecule has 3 nitrogen and oxygen atoms in total. The first-order valence-corrected chi connectivity index (χ1v) is 8.50. The summed E-state index contributed by atoms with van der Waals surface area (Å²) in [6.07, 6.45) is 3.11. The highest BCUT2D eigenvalue weighted by molar-refractivity contribution is 5.89. The van der Waals surface area contributed by atoms with Crippen LogP contribution in [0.1, 0.15) is 36.3 Å². The summed E-state index contributed by atoms with van der Waals surface area (Å²) >= 11 is 0. The van der Waals surface area contributed by atoms with Crippen molar-refractivity contribution in [2.45, 2.75) is 32.1 Å². The predicted molar refractivity (Wildman–Crippen MR) is 94.8 cm³/mol. The third-order valence-electron chi connectivity index (χ3n) is 4.60. The molecule has 2 aromatic carbocycles. The van der Waals surface area contributed by atoms with Gasteiger partial charge in [0.15, 0.2) is 0 Å². The number of benzene rings is 2. The summed E-state index contributed by atoms with van der Waals surface area (Å²) in [4.78, 5) is 14.5. The smallest absolute Gasteiger partial charge is 0.321 e. The molecule has 1 aliphatic heterocycles. The number of nitrogens with zero attached hydrogens (tertiary/aromatic N) is 1. The van der Waals surface area contributed by atoms with Gasteiger partial charge in [0.25, 0.3) is 0 Å². The first-order chi connectivity index (χ1) is 11.6. The average Bonchev–Trinajstić information content (AvgIpc) is 2.84. The van der Waals surface area contributed by atoms with Crippen LogP contribution in [0.25, 0.3) is 0 Å². The van der Waals surface area contributed by atoms with E-state index in [0.29, 0.717) is 6.54 Å². The van der Waals surface area contributed by atoms with Crippen LogP contribution < -0.4 is 5.32 Å². The van der Waals surface area contributed by atoms with Crippen molar-refractivity contribution >= 4 is 11.7 Å². The fourth-order valence-corrected chi connectivity index (χ4v) is 3.17. The van der Waals surface area contributed by atoms with Gasteiger partial charge in [0.2, 0.25) is 0 Å². The molecule has 0 radical (unpaired) electrons. The van der Waals surface area contributed by atoms with E-state index in [0.717, 1.165) is 37.1 Å².